The fraction of sp³-hybridized carbons (Fsp3) is 0.333. The van der Waals surface area contributed by atoms with Gasteiger partial charge in [-0.1, -0.05) is 51.8 Å². The molecule has 1 unspecified atom stereocenters. The number of rotatable bonds is 3. The fourth-order valence-electron chi connectivity index (χ4n) is 2.49. The summed E-state index contributed by atoms with van der Waals surface area (Å²) < 4.78 is 13.7. The first kappa shape index (κ1) is 15.2. The summed E-state index contributed by atoms with van der Waals surface area (Å²) in [5.41, 5.74) is 6.48. The van der Waals surface area contributed by atoms with E-state index >= 15 is 0 Å². The van der Waals surface area contributed by atoms with Crippen LogP contribution in [0.2, 0.25) is 0 Å². The van der Waals surface area contributed by atoms with Crippen molar-refractivity contribution in [2.45, 2.75) is 38.9 Å². The molecule has 0 heterocycles. The zero-order chi connectivity index (χ0) is 14.9. The first-order chi connectivity index (χ1) is 9.38. The topological polar surface area (TPSA) is 0 Å². The Balaban J connectivity index is 2.28. The Morgan fingerprint density at radius 2 is 1.55 bits per heavy atom. The van der Waals surface area contributed by atoms with Gasteiger partial charge in [0, 0.05) is 4.83 Å². The van der Waals surface area contributed by atoms with Crippen LogP contribution in [0.5, 0.6) is 0 Å². The summed E-state index contributed by atoms with van der Waals surface area (Å²) in [5, 5.41) is 0. The van der Waals surface area contributed by atoms with E-state index in [1.54, 1.807) is 0 Å². The van der Waals surface area contributed by atoms with Crippen LogP contribution in [-0.2, 0) is 6.42 Å². The largest absolute Gasteiger partial charge is 0.206 e. The summed E-state index contributed by atoms with van der Waals surface area (Å²) in [4.78, 5) is 0.209. The van der Waals surface area contributed by atoms with Crippen molar-refractivity contribution >= 4 is 15.9 Å². The molecule has 0 aliphatic carbocycles. The van der Waals surface area contributed by atoms with Crippen molar-refractivity contribution < 1.29 is 4.39 Å². The maximum absolute atomic E-state index is 13.7. The normalized spacial score (nSPS) is 12.5. The van der Waals surface area contributed by atoms with Crippen molar-refractivity contribution in [2.24, 2.45) is 0 Å². The van der Waals surface area contributed by atoms with E-state index in [1.165, 1.54) is 16.7 Å². The molecular formula is C18H20BrF. The number of alkyl halides is 1. The van der Waals surface area contributed by atoms with Crippen LogP contribution >= 0.6 is 15.9 Å². The van der Waals surface area contributed by atoms with Crippen molar-refractivity contribution in [3.63, 3.8) is 0 Å². The number of hydrogen-bond donors (Lipinski definition) is 0. The van der Waals surface area contributed by atoms with Gasteiger partial charge in [0.15, 0.2) is 0 Å². The number of benzene rings is 2. The molecule has 0 bridgehead atoms. The van der Waals surface area contributed by atoms with E-state index in [4.69, 9.17) is 0 Å². The molecule has 2 aromatic rings. The van der Waals surface area contributed by atoms with Crippen LogP contribution in [0.4, 0.5) is 4.39 Å². The van der Waals surface area contributed by atoms with Gasteiger partial charge in [0.1, 0.15) is 5.82 Å². The predicted octanol–water partition coefficient (Wildman–Crippen LogP) is 5.74. The second-order valence-corrected chi connectivity index (χ2v) is 6.68. The highest BCUT2D eigenvalue weighted by Gasteiger charge is 2.13. The molecule has 2 aromatic carbocycles. The molecule has 0 radical (unpaired) electrons. The number of halogens is 2. The van der Waals surface area contributed by atoms with Gasteiger partial charge in [-0.2, -0.15) is 0 Å². The number of hydrogen-bond acceptors (Lipinski definition) is 0. The van der Waals surface area contributed by atoms with Crippen LogP contribution in [0.15, 0.2) is 30.3 Å². The zero-order valence-electron chi connectivity index (χ0n) is 12.4. The molecule has 1 atom stereocenters. The molecule has 0 N–H and O–H groups in total. The summed E-state index contributed by atoms with van der Waals surface area (Å²) in [6.45, 7) is 7.89. The molecule has 0 saturated heterocycles. The van der Waals surface area contributed by atoms with E-state index in [0.717, 1.165) is 12.0 Å². The Morgan fingerprint density at radius 3 is 2.15 bits per heavy atom. The third-order valence-electron chi connectivity index (χ3n) is 3.72. The van der Waals surface area contributed by atoms with Crippen LogP contribution in [0.1, 0.15) is 38.2 Å². The Labute approximate surface area is 129 Å². The molecule has 0 aromatic heterocycles. The molecule has 106 valence electrons. The average molecular weight is 335 g/mol. The maximum atomic E-state index is 13.7. The molecular weight excluding hydrogens is 315 g/mol. The summed E-state index contributed by atoms with van der Waals surface area (Å²) in [5.74, 6) is -0.0970. The van der Waals surface area contributed by atoms with Crippen molar-refractivity contribution in [1.82, 2.24) is 0 Å². The van der Waals surface area contributed by atoms with Gasteiger partial charge in [-0.15, -0.1) is 0 Å². The van der Waals surface area contributed by atoms with E-state index < -0.39 is 0 Å². The monoisotopic (exact) mass is 334 g/mol. The SMILES string of the molecule is Cc1ccc(C)c(CC(Br)c2cc(C)c(F)c(C)c2)c1. The van der Waals surface area contributed by atoms with Crippen LogP contribution in [0, 0.1) is 33.5 Å². The lowest BCUT2D eigenvalue weighted by molar-refractivity contribution is 0.608. The van der Waals surface area contributed by atoms with Crippen molar-refractivity contribution in [3.05, 3.63) is 69.5 Å². The van der Waals surface area contributed by atoms with Crippen LogP contribution in [0.3, 0.4) is 0 Å². The molecule has 2 rings (SSSR count). The molecule has 0 nitrogen and oxygen atoms in total. The minimum Gasteiger partial charge on any atom is -0.206 e. The van der Waals surface area contributed by atoms with E-state index in [2.05, 4.69) is 48.0 Å². The Bertz CT molecular complexity index is 608. The highest BCUT2D eigenvalue weighted by Crippen LogP contribution is 2.30. The van der Waals surface area contributed by atoms with Crippen molar-refractivity contribution in [2.75, 3.05) is 0 Å². The minimum absolute atomic E-state index is 0.0970. The Kier molecular flexibility index (Phi) is 4.64. The quantitative estimate of drug-likeness (QED) is 0.628. The van der Waals surface area contributed by atoms with Gasteiger partial charge >= 0.3 is 0 Å². The highest BCUT2D eigenvalue weighted by atomic mass is 79.9. The van der Waals surface area contributed by atoms with Crippen LogP contribution in [-0.4, -0.2) is 0 Å². The summed E-state index contributed by atoms with van der Waals surface area (Å²) >= 11 is 3.75. The molecule has 20 heavy (non-hydrogen) atoms. The second-order valence-electron chi connectivity index (χ2n) is 5.57. The summed E-state index contributed by atoms with van der Waals surface area (Å²) in [6.07, 6.45) is 0.915. The van der Waals surface area contributed by atoms with Gasteiger partial charge in [0.05, 0.1) is 0 Å². The lowest BCUT2D eigenvalue weighted by Gasteiger charge is -2.15. The van der Waals surface area contributed by atoms with E-state index in [9.17, 15) is 4.39 Å². The maximum Gasteiger partial charge on any atom is 0.129 e. The lowest BCUT2D eigenvalue weighted by atomic mass is 9.97. The summed E-state index contributed by atoms with van der Waals surface area (Å²) in [6, 6.07) is 10.4. The zero-order valence-corrected chi connectivity index (χ0v) is 14.0. The third-order valence-corrected chi connectivity index (χ3v) is 4.58. The predicted molar refractivity (Wildman–Crippen MR) is 87.2 cm³/mol. The molecule has 0 aliphatic heterocycles. The fourth-order valence-corrected chi connectivity index (χ4v) is 3.10. The van der Waals surface area contributed by atoms with Gasteiger partial charge < -0.3 is 0 Å². The Hall–Kier alpha value is -1.15. The first-order valence-corrected chi connectivity index (χ1v) is 7.77. The van der Waals surface area contributed by atoms with E-state index in [0.29, 0.717) is 11.1 Å². The van der Waals surface area contributed by atoms with Gasteiger partial charge in [-0.25, -0.2) is 4.39 Å². The average Bonchev–Trinajstić information content (AvgIpc) is 2.39. The first-order valence-electron chi connectivity index (χ1n) is 6.85. The molecule has 0 aliphatic rings. The Morgan fingerprint density at radius 1 is 0.950 bits per heavy atom. The van der Waals surface area contributed by atoms with E-state index in [-0.39, 0.29) is 10.6 Å². The molecule has 0 saturated carbocycles. The number of aryl methyl sites for hydroxylation is 4. The van der Waals surface area contributed by atoms with Gasteiger partial charge in [0.25, 0.3) is 0 Å². The van der Waals surface area contributed by atoms with Gasteiger partial charge in [-0.05, 0) is 61.9 Å². The smallest absolute Gasteiger partial charge is 0.129 e. The lowest BCUT2D eigenvalue weighted by Crippen LogP contribution is -2.00. The van der Waals surface area contributed by atoms with Crippen molar-refractivity contribution in [1.29, 1.82) is 0 Å². The van der Waals surface area contributed by atoms with E-state index in [1.807, 2.05) is 26.0 Å². The van der Waals surface area contributed by atoms with Crippen LogP contribution in [0.25, 0.3) is 0 Å². The molecule has 2 heteroatoms. The molecule has 0 amide bonds. The second kappa shape index (κ2) is 6.09. The third kappa shape index (κ3) is 3.29. The van der Waals surface area contributed by atoms with Crippen molar-refractivity contribution in [3.8, 4) is 0 Å². The molecule has 0 fully saturated rings. The standard InChI is InChI=1S/C18H20BrF/c1-11-5-6-12(2)15(7-11)10-17(19)16-8-13(3)18(20)14(4)9-16/h5-9,17H,10H2,1-4H3. The minimum atomic E-state index is -0.0970. The van der Waals surface area contributed by atoms with Gasteiger partial charge in [0.2, 0.25) is 0 Å². The summed E-state index contributed by atoms with van der Waals surface area (Å²) in [7, 11) is 0. The van der Waals surface area contributed by atoms with Gasteiger partial charge in [-0.3, -0.25) is 0 Å². The van der Waals surface area contributed by atoms with Crippen LogP contribution < -0.4 is 0 Å². The molecule has 0 spiro atoms. The highest BCUT2D eigenvalue weighted by molar-refractivity contribution is 9.09.